The van der Waals surface area contributed by atoms with E-state index in [2.05, 4.69) is 4.90 Å². The Bertz CT molecular complexity index is 132. The van der Waals surface area contributed by atoms with E-state index in [9.17, 15) is 4.79 Å². The second kappa shape index (κ2) is 2.98. The average molecular weight is 144 g/mol. The first kappa shape index (κ1) is 7.50. The van der Waals surface area contributed by atoms with Crippen LogP contribution in [0, 0.1) is 0 Å². The van der Waals surface area contributed by atoms with Crippen LogP contribution in [0.1, 0.15) is 0 Å². The first-order chi connectivity index (χ1) is 4.68. The quantitative estimate of drug-likeness (QED) is 0.541. The van der Waals surface area contributed by atoms with Crippen molar-refractivity contribution in [3.63, 3.8) is 0 Å². The topological polar surface area (TPSA) is 55.6 Å². The van der Waals surface area contributed by atoms with Gasteiger partial charge in [-0.3, -0.25) is 4.79 Å². The second-order valence-electron chi connectivity index (χ2n) is 2.62. The summed E-state index contributed by atoms with van der Waals surface area (Å²) in [5.74, 6) is -0.394. The molecule has 0 spiro atoms. The van der Waals surface area contributed by atoms with Gasteiger partial charge in [0.15, 0.2) is 0 Å². The summed E-state index contributed by atoms with van der Waals surface area (Å²) in [6, 6.07) is 0. The largest absolute Gasteiger partial charge is 0.368 e. The summed E-state index contributed by atoms with van der Waals surface area (Å²) in [6.07, 6.45) is 0.220. The van der Waals surface area contributed by atoms with Gasteiger partial charge in [-0.25, -0.2) is 0 Å². The summed E-state index contributed by atoms with van der Waals surface area (Å²) in [7, 11) is 2.00. The summed E-state index contributed by atoms with van der Waals surface area (Å²) < 4.78 is 5.09. The van der Waals surface area contributed by atoms with Crippen molar-refractivity contribution in [3.05, 3.63) is 0 Å². The molecule has 0 radical (unpaired) electrons. The van der Waals surface area contributed by atoms with Gasteiger partial charge in [-0.1, -0.05) is 0 Å². The van der Waals surface area contributed by atoms with E-state index < -0.39 is 5.91 Å². The Morgan fingerprint density at radius 1 is 1.80 bits per heavy atom. The molecule has 1 saturated heterocycles. The molecule has 2 N–H and O–H groups in total. The molecule has 0 aromatic carbocycles. The highest BCUT2D eigenvalue weighted by Crippen LogP contribution is 2.07. The molecule has 0 aromatic heterocycles. The van der Waals surface area contributed by atoms with Crippen LogP contribution in [0.2, 0.25) is 0 Å². The zero-order chi connectivity index (χ0) is 7.56. The van der Waals surface area contributed by atoms with Crippen molar-refractivity contribution >= 4 is 5.91 Å². The molecule has 4 nitrogen and oxygen atoms in total. The van der Waals surface area contributed by atoms with Crippen LogP contribution >= 0.6 is 0 Å². The molecule has 0 bridgehead atoms. The molecule has 58 valence electrons. The number of likely N-dealkylation sites (tertiary alicyclic amines) is 1. The van der Waals surface area contributed by atoms with Gasteiger partial charge in [0.05, 0.1) is 6.10 Å². The molecule has 0 aliphatic carbocycles. The summed E-state index contributed by atoms with van der Waals surface area (Å²) in [6.45, 7) is 1.87. The lowest BCUT2D eigenvalue weighted by atomic mass is 10.2. The maximum atomic E-state index is 10.2. The Labute approximate surface area is 59.9 Å². The first-order valence-electron chi connectivity index (χ1n) is 3.27. The van der Waals surface area contributed by atoms with Crippen LogP contribution in [0.15, 0.2) is 0 Å². The Morgan fingerprint density at radius 2 is 2.40 bits per heavy atom. The van der Waals surface area contributed by atoms with Gasteiger partial charge >= 0.3 is 0 Å². The predicted octanol–water partition coefficient (Wildman–Crippen LogP) is -1.20. The molecule has 1 amide bonds. The maximum Gasteiger partial charge on any atom is 0.243 e. The molecule has 1 rings (SSSR count). The van der Waals surface area contributed by atoms with E-state index >= 15 is 0 Å². The smallest absolute Gasteiger partial charge is 0.243 e. The predicted molar refractivity (Wildman–Crippen MR) is 36.4 cm³/mol. The molecule has 1 heterocycles. The van der Waals surface area contributed by atoms with Crippen LogP contribution in [0.5, 0.6) is 0 Å². The number of rotatable bonds is 3. The number of amides is 1. The maximum absolute atomic E-state index is 10.2. The van der Waals surface area contributed by atoms with Crippen LogP contribution in [-0.2, 0) is 9.53 Å². The zero-order valence-corrected chi connectivity index (χ0v) is 6.04. The van der Waals surface area contributed by atoms with Gasteiger partial charge in [0.25, 0.3) is 0 Å². The van der Waals surface area contributed by atoms with Gasteiger partial charge in [0.1, 0.15) is 6.61 Å². The number of primary amides is 1. The lowest BCUT2D eigenvalue weighted by Gasteiger charge is -2.35. The Hall–Kier alpha value is -0.610. The minimum Gasteiger partial charge on any atom is -0.368 e. The van der Waals surface area contributed by atoms with Crippen molar-refractivity contribution in [2.24, 2.45) is 5.73 Å². The molecule has 0 unspecified atom stereocenters. The van der Waals surface area contributed by atoms with Crippen LogP contribution in [0.3, 0.4) is 0 Å². The molecule has 10 heavy (non-hydrogen) atoms. The fourth-order valence-corrected chi connectivity index (χ4v) is 0.947. The fourth-order valence-electron chi connectivity index (χ4n) is 0.947. The van der Waals surface area contributed by atoms with Gasteiger partial charge in [-0.05, 0) is 7.05 Å². The lowest BCUT2D eigenvalue weighted by Crippen LogP contribution is -2.50. The highest BCUT2D eigenvalue weighted by atomic mass is 16.5. The van der Waals surface area contributed by atoms with Crippen molar-refractivity contribution in [2.75, 3.05) is 26.7 Å². The first-order valence-corrected chi connectivity index (χ1v) is 3.27. The minimum atomic E-state index is -0.394. The minimum absolute atomic E-state index is 0.0541. The lowest BCUT2D eigenvalue weighted by molar-refractivity contribution is -0.128. The van der Waals surface area contributed by atoms with E-state index in [1.807, 2.05) is 7.05 Å². The van der Waals surface area contributed by atoms with Gasteiger partial charge in [0.2, 0.25) is 5.91 Å². The summed E-state index contributed by atoms with van der Waals surface area (Å²) in [4.78, 5) is 12.3. The van der Waals surface area contributed by atoms with Crippen molar-refractivity contribution in [1.82, 2.24) is 4.90 Å². The van der Waals surface area contributed by atoms with E-state index in [0.717, 1.165) is 13.1 Å². The molecule has 1 aliphatic heterocycles. The molecule has 4 heteroatoms. The number of hydrogen-bond acceptors (Lipinski definition) is 3. The molecule has 1 aliphatic rings. The van der Waals surface area contributed by atoms with E-state index in [1.54, 1.807) is 0 Å². The van der Waals surface area contributed by atoms with Gasteiger partial charge in [-0.15, -0.1) is 0 Å². The van der Waals surface area contributed by atoms with Crippen molar-refractivity contribution in [3.8, 4) is 0 Å². The monoisotopic (exact) mass is 144 g/mol. The van der Waals surface area contributed by atoms with E-state index in [0.29, 0.717) is 0 Å². The number of likely N-dealkylation sites (N-methyl/N-ethyl adjacent to an activating group) is 1. The highest BCUT2D eigenvalue weighted by molar-refractivity contribution is 5.75. The molecule has 0 atom stereocenters. The Kier molecular flexibility index (Phi) is 2.24. The van der Waals surface area contributed by atoms with Crippen LogP contribution in [0.25, 0.3) is 0 Å². The Balaban J connectivity index is 2.00. The molecular weight excluding hydrogens is 132 g/mol. The number of carbonyl (C=O) groups is 1. The van der Waals surface area contributed by atoms with Crippen LogP contribution < -0.4 is 5.73 Å². The Morgan fingerprint density at radius 3 is 2.80 bits per heavy atom. The average Bonchev–Trinajstić information content (AvgIpc) is 1.77. The number of ether oxygens (including phenoxy) is 1. The van der Waals surface area contributed by atoms with E-state index in [1.165, 1.54) is 0 Å². The standard InChI is InChI=1S/C6H12N2O2/c1-8-2-5(3-8)10-4-6(7)9/h5H,2-4H2,1H3,(H2,7,9). The van der Waals surface area contributed by atoms with Gasteiger partial charge < -0.3 is 15.4 Å². The number of hydrogen-bond donors (Lipinski definition) is 1. The van der Waals surface area contributed by atoms with Crippen molar-refractivity contribution < 1.29 is 9.53 Å². The second-order valence-corrected chi connectivity index (χ2v) is 2.62. The fraction of sp³-hybridized carbons (Fsp3) is 0.833. The van der Waals surface area contributed by atoms with E-state index in [4.69, 9.17) is 10.5 Å². The molecule has 1 fully saturated rings. The van der Waals surface area contributed by atoms with Crippen LogP contribution in [-0.4, -0.2) is 43.7 Å². The van der Waals surface area contributed by atoms with Gasteiger partial charge in [0, 0.05) is 13.1 Å². The third kappa shape index (κ3) is 1.97. The SMILES string of the molecule is CN1CC(OCC(N)=O)C1. The molecule has 0 aromatic rings. The highest BCUT2D eigenvalue weighted by Gasteiger charge is 2.23. The molecule has 0 saturated carbocycles. The number of nitrogens with zero attached hydrogens (tertiary/aromatic N) is 1. The number of nitrogens with two attached hydrogens (primary N) is 1. The van der Waals surface area contributed by atoms with Crippen molar-refractivity contribution in [2.45, 2.75) is 6.10 Å². The number of carbonyl (C=O) groups excluding carboxylic acids is 1. The normalized spacial score (nSPS) is 20.5. The molecular formula is C6H12N2O2. The van der Waals surface area contributed by atoms with Crippen LogP contribution in [0.4, 0.5) is 0 Å². The summed E-state index contributed by atoms with van der Waals surface area (Å²) >= 11 is 0. The third-order valence-electron chi connectivity index (χ3n) is 1.49. The zero-order valence-electron chi connectivity index (χ0n) is 6.04. The van der Waals surface area contributed by atoms with Gasteiger partial charge in [-0.2, -0.15) is 0 Å². The van der Waals surface area contributed by atoms with E-state index in [-0.39, 0.29) is 12.7 Å². The van der Waals surface area contributed by atoms with Crippen molar-refractivity contribution in [1.29, 1.82) is 0 Å². The summed E-state index contributed by atoms with van der Waals surface area (Å²) in [5, 5.41) is 0. The summed E-state index contributed by atoms with van der Waals surface area (Å²) in [5.41, 5.74) is 4.88. The third-order valence-corrected chi connectivity index (χ3v) is 1.49.